The first-order valence-electron chi connectivity index (χ1n) is 4.14. The molecule has 3 N–H and O–H groups in total. The molecule has 1 atom stereocenters. The van der Waals surface area contributed by atoms with Gasteiger partial charge in [0.15, 0.2) is 0 Å². The van der Waals surface area contributed by atoms with Gasteiger partial charge in [0.25, 0.3) is 0 Å². The van der Waals surface area contributed by atoms with Crippen molar-refractivity contribution in [3.05, 3.63) is 0 Å². The zero-order valence-electron chi connectivity index (χ0n) is 7.51. The first-order valence-corrected chi connectivity index (χ1v) is 5.94. The van der Waals surface area contributed by atoms with E-state index in [0.29, 0.717) is 12.8 Å². The van der Waals surface area contributed by atoms with Gasteiger partial charge in [-0.15, -0.1) is 0 Å². The molecule has 0 aromatic carbocycles. The highest BCUT2D eigenvalue weighted by Gasteiger charge is 2.21. The molecule has 0 saturated carbocycles. The predicted octanol–water partition coefficient (Wildman–Crippen LogP) is 1.06. The third-order valence-corrected chi connectivity index (χ3v) is 2.60. The average molecular weight is 210 g/mol. The zero-order chi connectivity index (χ0) is 10.5. The fourth-order valence-electron chi connectivity index (χ4n) is 1.06. The molecule has 78 valence electrons. The van der Waals surface area contributed by atoms with Crippen LogP contribution in [0.5, 0.6) is 0 Å². The summed E-state index contributed by atoms with van der Waals surface area (Å²) < 4.78 is 10.5. The van der Waals surface area contributed by atoms with Crippen LogP contribution in [0.25, 0.3) is 0 Å². The van der Waals surface area contributed by atoms with Gasteiger partial charge < -0.3 is 14.9 Å². The summed E-state index contributed by atoms with van der Waals surface area (Å²) in [6.45, 7) is 1.84. The smallest absolute Gasteiger partial charge is 0.325 e. The normalized spacial score (nSPS) is 14.1. The number of aliphatic carboxylic acids is 1. The van der Waals surface area contributed by atoms with Gasteiger partial charge in [0.1, 0.15) is 0 Å². The van der Waals surface area contributed by atoms with E-state index in [1.54, 1.807) is 0 Å². The Bertz CT molecular complexity index is 209. The average Bonchev–Trinajstić information content (AvgIpc) is 1.95. The van der Waals surface area contributed by atoms with Crippen molar-refractivity contribution < 1.29 is 24.3 Å². The molecular weight excluding hydrogens is 195 g/mol. The zero-order valence-corrected chi connectivity index (χ0v) is 8.41. The SMILES string of the molecule is CCCC(CCP(=O)(O)O)C(=O)O. The second kappa shape index (κ2) is 5.37. The van der Waals surface area contributed by atoms with E-state index in [9.17, 15) is 9.36 Å². The van der Waals surface area contributed by atoms with Crippen LogP contribution >= 0.6 is 7.60 Å². The summed E-state index contributed by atoms with van der Waals surface area (Å²) in [4.78, 5) is 27.6. The molecule has 0 aliphatic heterocycles. The van der Waals surface area contributed by atoms with Gasteiger partial charge >= 0.3 is 13.6 Å². The maximum Gasteiger partial charge on any atom is 0.325 e. The van der Waals surface area contributed by atoms with Crippen LogP contribution in [-0.2, 0) is 9.36 Å². The molecule has 1 unspecified atom stereocenters. The number of hydrogen-bond donors (Lipinski definition) is 3. The van der Waals surface area contributed by atoms with Crippen molar-refractivity contribution in [1.82, 2.24) is 0 Å². The quantitative estimate of drug-likeness (QED) is 0.569. The van der Waals surface area contributed by atoms with E-state index in [0.717, 1.165) is 0 Å². The molecule has 0 radical (unpaired) electrons. The van der Waals surface area contributed by atoms with Gasteiger partial charge in [0.05, 0.1) is 12.1 Å². The van der Waals surface area contributed by atoms with Gasteiger partial charge in [-0.1, -0.05) is 13.3 Å². The van der Waals surface area contributed by atoms with Crippen LogP contribution in [0.3, 0.4) is 0 Å². The summed E-state index contributed by atoms with van der Waals surface area (Å²) in [7, 11) is -4.05. The van der Waals surface area contributed by atoms with Gasteiger partial charge in [0.2, 0.25) is 0 Å². The van der Waals surface area contributed by atoms with Crippen LogP contribution in [0.15, 0.2) is 0 Å². The third-order valence-electron chi connectivity index (χ3n) is 1.76. The Labute approximate surface area is 76.9 Å². The van der Waals surface area contributed by atoms with Crippen molar-refractivity contribution in [1.29, 1.82) is 0 Å². The number of carboxylic acid groups (broad SMARTS) is 1. The van der Waals surface area contributed by atoms with E-state index in [1.807, 2.05) is 6.92 Å². The number of hydrogen-bond acceptors (Lipinski definition) is 2. The second-order valence-electron chi connectivity index (χ2n) is 3.00. The third kappa shape index (κ3) is 6.75. The monoisotopic (exact) mass is 210 g/mol. The second-order valence-corrected chi connectivity index (χ2v) is 4.78. The minimum atomic E-state index is -4.05. The minimum Gasteiger partial charge on any atom is -0.481 e. The fraction of sp³-hybridized carbons (Fsp3) is 0.857. The Morgan fingerprint density at radius 1 is 1.38 bits per heavy atom. The molecule has 0 saturated heterocycles. The van der Waals surface area contributed by atoms with E-state index in [1.165, 1.54) is 0 Å². The standard InChI is InChI=1S/C7H15O5P/c1-2-3-6(7(8)9)4-5-13(10,11)12/h6H,2-5H2,1H3,(H,8,9)(H2,10,11,12). The number of carboxylic acids is 1. The fourth-order valence-corrected chi connectivity index (χ4v) is 1.71. The van der Waals surface area contributed by atoms with E-state index in [-0.39, 0.29) is 12.6 Å². The lowest BCUT2D eigenvalue weighted by molar-refractivity contribution is -0.142. The molecule has 13 heavy (non-hydrogen) atoms. The van der Waals surface area contributed by atoms with Gasteiger partial charge in [-0.2, -0.15) is 0 Å². The van der Waals surface area contributed by atoms with Gasteiger partial charge in [0, 0.05) is 0 Å². The summed E-state index contributed by atoms with van der Waals surface area (Å²) in [5.74, 6) is -1.60. The molecular formula is C7H15O5P. The predicted molar refractivity (Wildman–Crippen MR) is 47.6 cm³/mol. The summed E-state index contributed by atoms with van der Waals surface area (Å²) >= 11 is 0. The molecule has 0 aliphatic carbocycles. The Balaban J connectivity index is 3.97. The molecule has 0 rings (SSSR count). The first kappa shape index (κ1) is 12.6. The minimum absolute atomic E-state index is 0.0491. The molecule has 5 nitrogen and oxygen atoms in total. The lowest BCUT2D eigenvalue weighted by Gasteiger charge is -2.10. The van der Waals surface area contributed by atoms with Crippen LogP contribution in [0.2, 0.25) is 0 Å². The van der Waals surface area contributed by atoms with Crippen LogP contribution in [0, 0.1) is 5.92 Å². The Kier molecular flexibility index (Phi) is 5.21. The summed E-state index contributed by atoms with van der Waals surface area (Å²) in [5.41, 5.74) is 0. The van der Waals surface area contributed by atoms with Crippen LogP contribution < -0.4 is 0 Å². The largest absolute Gasteiger partial charge is 0.481 e. The molecule has 0 aromatic rings. The van der Waals surface area contributed by atoms with Crippen molar-refractivity contribution in [3.8, 4) is 0 Å². The maximum atomic E-state index is 10.6. The van der Waals surface area contributed by atoms with Gasteiger partial charge in [-0.05, 0) is 12.8 Å². The van der Waals surface area contributed by atoms with Crippen LogP contribution in [0.4, 0.5) is 0 Å². The Hall–Kier alpha value is -0.380. The highest BCUT2D eigenvalue weighted by atomic mass is 31.2. The molecule has 6 heteroatoms. The summed E-state index contributed by atoms with van der Waals surface area (Å²) in [6, 6.07) is 0. The summed E-state index contributed by atoms with van der Waals surface area (Å²) in [6.07, 6.45) is 0.880. The van der Waals surface area contributed by atoms with E-state index in [4.69, 9.17) is 14.9 Å². The number of carbonyl (C=O) groups is 1. The Morgan fingerprint density at radius 2 is 1.92 bits per heavy atom. The topological polar surface area (TPSA) is 94.8 Å². The number of rotatable bonds is 6. The lowest BCUT2D eigenvalue weighted by Crippen LogP contribution is -2.14. The van der Waals surface area contributed by atoms with Crippen molar-refractivity contribution in [2.24, 2.45) is 5.92 Å². The summed E-state index contributed by atoms with van der Waals surface area (Å²) in [5, 5.41) is 8.65. The molecule has 0 spiro atoms. The van der Waals surface area contributed by atoms with E-state index < -0.39 is 19.5 Å². The molecule has 0 bridgehead atoms. The van der Waals surface area contributed by atoms with Crippen molar-refractivity contribution in [3.63, 3.8) is 0 Å². The molecule has 0 fully saturated rings. The first-order chi connectivity index (χ1) is 5.87. The van der Waals surface area contributed by atoms with E-state index in [2.05, 4.69) is 0 Å². The molecule has 0 aromatic heterocycles. The maximum absolute atomic E-state index is 10.6. The van der Waals surface area contributed by atoms with Crippen LogP contribution in [-0.4, -0.2) is 27.0 Å². The van der Waals surface area contributed by atoms with Gasteiger partial charge in [-0.3, -0.25) is 9.36 Å². The Morgan fingerprint density at radius 3 is 2.23 bits per heavy atom. The van der Waals surface area contributed by atoms with Crippen molar-refractivity contribution >= 4 is 13.6 Å². The molecule has 0 aliphatic rings. The highest BCUT2D eigenvalue weighted by molar-refractivity contribution is 7.51. The highest BCUT2D eigenvalue weighted by Crippen LogP contribution is 2.36. The molecule has 0 heterocycles. The molecule has 0 amide bonds. The lowest BCUT2D eigenvalue weighted by atomic mass is 10.0. The van der Waals surface area contributed by atoms with E-state index >= 15 is 0 Å². The van der Waals surface area contributed by atoms with Gasteiger partial charge in [-0.25, -0.2) is 0 Å². The van der Waals surface area contributed by atoms with Crippen molar-refractivity contribution in [2.75, 3.05) is 6.16 Å². The van der Waals surface area contributed by atoms with Crippen LogP contribution in [0.1, 0.15) is 26.2 Å². The van der Waals surface area contributed by atoms with Crippen molar-refractivity contribution in [2.45, 2.75) is 26.2 Å².